The van der Waals surface area contributed by atoms with E-state index in [1.54, 1.807) is 31.2 Å². The zero-order chi connectivity index (χ0) is 20.5. The van der Waals surface area contributed by atoms with Gasteiger partial charge in [-0.25, -0.2) is 13.8 Å². The van der Waals surface area contributed by atoms with E-state index in [1.807, 2.05) is 0 Å². The Hall–Kier alpha value is -3.46. The van der Waals surface area contributed by atoms with Gasteiger partial charge < -0.3 is 5.32 Å². The molecule has 4 rings (SSSR count). The second-order valence-electron chi connectivity index (χ2n) is 6.41. The highest BCUT2D eigenvalue weighted by atomic mass is 32.1. The smallest absolute Gasteiger partial charge is 0.273 e. The Morgan fingerprint density at radius 3 is 2.66 bits per heavy atom. The highest BCUT2D eigenvalue weighted by molar-refractivity contribution is 7.13. The molecule has 0 unspecified atom stereocenters. The number of carbonyl (C=O) groups excluding carboxylic acids is 1. The first-order chi connectivity index (χ1) is 13.9. The van der Waals surface area contributed by atoms with E-state index in [-0.39, 0.29) is 12.4 Å². The predicted octanol–water partition coefficient (Wildman–Crippen LogP) is 3.75. The molecule has 146 valence electrons. The number of halogens is 2. The zero-order valence-electron chi connectivity index (χ0n) is 15.1. The molecular formula is C20H14F2N4O2S. The molecule has 0 bridgehead atoms. The van der Waals surface area contributed by atoms with Crippen molar-refractivity contribution in [2.75, 3.05) is 5.32 Å². The molecule has 1 N–H and O–H groups in total. The minimum atomic E-state index is -0.486. The van der Waals surface area contributed by atoms with Gasteiger partial charge in [0.05, 0.1) is 6.33 Å². The second-order valence-corrected chi connectivity index (χ2v) is 7.18. The Balaban J connectivity index is 1.59. The molecule has 0 atom stereocenters. The fourth-order valence-electron chi connectivity index (χ4n) is 2.79. The maximum Gasteiger partial charge on any atom is 0.273 e. The summed E-state index contributed by atoms with van der Waals surface area (Å²) in [6, 6.07) is 10.1. The van der Waals surface area contributed by atoms with Crippen molar-refractivity contribution in [2.24, 2.45) is 0 Å². The first-order valence-corrected chi connectivity index (χ1v) is 9.36. The van der Waals surface area contributed by atoms with Crippen molar-refractivity contribution < 1.29 is 13.6 Å². The van der Waals surface area contributed by atoms with Crippen LogP contribution in [0, 0.1) is 18.6 Å². The number of carbonyl (C=O) groups is 1. The lowest BCUT2D eigenvalue weighted by Gasteiger charge is -2.08. The van der Waals surface area contributed by atoms with Gasteiger partial charge in [0.2, 0.25) is 5.91 Å². The summed E-state index contributed by atoms with van der Waals surface area (Å²) in [6.45, 7) is 1.34. The normalized spacial score (nSPS) is 11.0. The number of rotatable bonds is 4. The van der Waals surface area contributed by atoms with Crippen LogP contribution in [0.15, 0.2) is 53.6 Å². The molecule has 1 amide bonds. The number of hydrogen-bond donors (Lipinski definition) is 1. The Bertz CT molecular complexity index is 1280. The van der Waals surface area contributed by atoms with Gasteiger partial charge in [-0.15, -0.1) is 0 Å². The molecule has 0 aliphatic rings. The summed E-state index contributed by atoms with van der Waals surface area (Å²) >= 11 is 0.968. The average molecular weight is 412 g/mol. The summed E-state index contributed by atoms with van der Waals surface area (Å²) in [4.78, 5) is 29.2. The molecule has 0 saturated heterocycles. The third-order valence-corrected chi connectivity index (χ3v) is 5.16. The molecule has 6 nitrogen and oxygen atoms in total. The number of nitrogens with zero attached hydrogens (tertiary/aromatic N) is 3. The molecule has 0 spiro atoms. The molecule has 2 aromatic heterocycles. The van der Waals surface area contributed by atoms with Crippen molar-refractivity contribution in [1.29, 1.82) is 0 Å². The Kier molecular flexibility index (Phi) is 4.89. The Morgan fingerprint density at radius 1 is 1.17 bits per heavy atom. The van der Waals surface area contributed by atoms with E-state index in [1.165, 1.54) is 24.5 Å². The highest BCUT2D eigenvalue weighted by Crippen LogP contribution is 2.27. The summed E-state index contributed by atoms with van der Waals surface area (Å²) in [5, 5.41) is 2.56. The van der Waals surface area contributed by atoms with Crippen molar-refractivity contribution in [3.8, 4) is 11.3 Å². The topological polar surface area (TPSA) is 76.9 Å². The van der Waals surface area contributed by atoms with Crippen molar-refractivity contribution >= 4 is 33.3 Å². The SMILES string of the molecule is Cc1ccc(NC(=O)Cn2cnc3c(-c4ccc(F)cc4)nsc3c2=O)cc1F. The lowest BCUT2D eigenvalue weighted by molar-refractivity contribution is -0.116. The number of hydrogen-bond acceptors (Lipinski definition) is 5. The summed E-state index contributed by atoms with van der Waals surface area (Å²) < 4.78 is 32.5. The number of nitrogens with one attached hydrogen (secondary N) is 1. The lowest BCUT2D eigenvalue weighted by Crippen LogP contribution is -2.27. The van der Waals surface area contributed by atoms with Gasteiger partial charge in [-0.3, -0.25) is 14.2 Å². The van der Waals surface area contributed by atoms with Gasteiger partial charge in [-0.2, -0.15) is 4.37 Å². The van der Waals surface area contributed by atoms with E-state index >= 15 is 0 Å². The molecule has 0 aliphatic heterocycles. The van der Waals surface area contributed by atoms with Crippen LogP contribution in [0.3, 0.4) is 0 Å². The maximum absolute atomic E-state index is 13.6. The van der Waals surface area contributed by atoms with Crippen LogP contribution in [0.1, 0.15) is 5.56 Å². The molecule has 2 heterocycles. The average Bonchev–Trinajstić information content (AvgIpc) is 3.12. The van der Waals surface area contributed by atoms with Crippen LogP contribution in [-0.2, 0) is 11.3 Å². The Morgan fingerprint density at radius 2 is 1.93 bits per heavy atom. The van der Waals surface area contributed by atoms with E-state index in [2.05, 4.69) is 14.7 Å². The van der Waals surface area contributed by atoms with Gasteiger partial charge >= 0.3 is 0 Å². The van der Waals surface area contributed by atoms with Gasteiger partial charge in [0.1, 0.15) is 34.1 Å². The van der Waals surface area contributed by atoms with Crippen LogP contribution in [0.4, 0.5) is 14.5 Å². The van der Waals surface area contributed by atoms with Gasteiger partial charge in [-0.05, 0) is 60.4 Å². The van der Waals surface area contributed by atoms with Crippen LogP contribution in [0.25, 0.3) is 21.5 Å². The quantitative estimate of drug-likeness (QED) is 0.554. The van der Waals surface area contributed by atoms with Crippen molar-refractivity contribution in [1.82, 2.24) is 13.9 Å². The van der Waals surface area contributed by atoms with E-state index in [4.69, 9.17) is 0 Å². The van der Waals surface area contributed by atoms with Gasteiger partial charge in [0.15, 0.2) is 0 Å². The molecule has 4 aromatic rings. The van der Waals surface area contributed by atoms with E-state index in [0.717, 1.165) is 16.1 Å². The number of amides is 1. The molecule has 29 heavy (non-hydrogen) atoms. The van der Waals surface area contributed by atoms with Crippen LogP contribution >= 0.6 is 11.5 Å². The summed E-state index contributed by atoms with van der Waals surface area (Å²) in [5.74, 6) is -1.29. The van der Waals surface area contributed by atoms with Gasteiger partial charge in [0, 0.05) is 11.3 Å². The number of aryl methyl sites for hydroxylation is 1. The van der Waals surface area contributed by atoms with Crippen LogP contribution < -0.4 is 10.9 Å². The van der Waals surface area contributed by atoms with Crippen molar-refractivity contribution in [2.45, 2.75) is 13.5 Å². The molecule has 0 aliphatic carbocycles. The number of aromatic nitrogens is 3. The predicted molar refractivity (Wildman–Crippen MR) is 107 cm³/mol. The number of anilines is 1. The van der Waals surface area contributed by atoms with Gasteiger partial charge in [0.25, 0.3) is 5.56 Å². The van der Waals surface area contributed by atoms with E-state index in [0.29, 0.717) is 32.7 Å². The van der Waals surface area contributed by atoms with E-state index in [9.17, 15) is 18.4 Å². The minimum Gasteiger partial charge on any atom is -0.324 e. The first-order valence-electron chi connectivity index (χ1n) is 8.59. The van der Waals surface area contributed by atoms with Crippen LogP contribution in [-0.4, -0.2) is 19.8 Å². The molecule has 2 aromatic carbocycles. The fourth-order valence-corrected chi connectivity index (χ4v) is 3.60. The number of fused-ring (bicyclic) bond motifs is 1. The monoisotopic (exact) mass is 412 g/mol. The van der Waals surface area contributed by atoms with E-state index < -0.39 is 17.3 Å². The highest BCUT2D eigenvalue weighted by Gasteiger charge is 2.16. The van der Waals surface area contributed by atoms with Crippen LogP contribution in [0.2, 0.25) is 0 Å². The largest absolute Gasteiger partial charge is 0.324 e. The summed E-state index contributed by atoms with van der Waals surface area (Å²) in [7, 11) is 0. The minimum absolute atomic E-state index is 0.277. The third-order valence-electron chi connectivity index (χ3n) is 4.34. The summed E-state index contributed by atoms with van der Waals surface area (Å²) in [6.07, 6.45) is 1.27. The lowest BCUT2D eigenvalue weighted by atomic mass is 10.1. The maximum atomic E-state index is 13.6. The molecular weight excluding hydrogens is 398 g/mol. The van der Waals surface area contributed by atoms with Crippen molar-refractivity contribution in [3.05, 3.63) is 76.3 Å². The Labute approximate surface area is 167 Å². The molecule has 0 fully saturated rings. The first kappa shape index (κ1) is 18.9. The molecule has 9 heteroatoms. The molecule has 0 saturated carbocycles. The fraction of sp³-hybridized carbons (Fsp3) is 0.100. The molecule has 0 radical (unpaired) electrons. The standard InChI is InChI=1S/C20H14F2N4O2S/c1-11-2-7-14(8-15(11)22)24-16(27)9-26-10-23-18-17(25-29-19(18)20(26)28)12-3-5-13(21)6-4-12/h2-8,10H,9H2,1H3,(H,24,27). The van der Waals surface area contributed by atoms with Gasteiger partial charge in [-0.1, -0.05) is 6.07 Å². The van der Waals surface area contributed by atoms with Crippen molar-refractivity contribution in [3.63, 3.8) is 0 Å². The zero-order valence-corrected chi connectivity index (χ0v) is 16.0. The summed E-state index contributed by atoms with van der Waals surface area (Å²) in [5.41, 5.74) is 1.87. The van der Waals surface area contributed by atoms with Crippen LogP contribution in [0.5, 0.6) is 0 Å². The number of benzene rings is 2. The second kappa shape index (κ2) is 7.51. The third kappa shape index (κ3) is 3.77.